The summed E-state index contributed by atoms with van der Waals surface area (Å²) in [5, 5.41) is 0. The summed E-state index contributed by atoms with van der Waals surface area (Å²) < 4.78 is 13.6. The zero-order chi connectivity index (χ0) is 17.9. The number of amides is 1. The topological polar surface area (TPSA) is 56.6 Å². The average Bonchev–Trinajstić information content (AvgIpc) is 3.21. The summed E-state index contributed by atoms with van der Waals surface area (Å²) in [4.78, 5) is 18.6. The molecule has 1 atom stereocenters. The highest BCUT2D eigenvalue weighted by Gasteiger charge is 2.41. The van der Waals surface area contributed by atoms with Gasteiger partial charge >= 0.3 is 0 Å². The van der Waals surface area contributed by atoms with Gasteiger partial charge in [-0.05, 0) is 38.0 Å². The average molecular weight is 343 g/mol. The molecule has 0 saturated carbocycles. The van der Waals surface area contributed by atoms with Gasteiger partial charge in [0.15, 0.2) is 0 Å². The highest BCUT2D eigenvalue weighted by Crippen LogP contribution is 2.27. The van der Waals surface area contributed by atoms with E-state index < -0.39 is 5.60 Å². The number of carbonyl (C=O) groups excluding carboxylic acids is 1. The smallest absolute Gasteiger partial charge is 0.242 e. The van der Waals surface area contributed by atoms with Crippen LogP contribution in [0.4, 0.5) is 0 Å². The minimum atomic E-state index is -0.455. The van der Waals surface area contributed by atoms with Crippen LogP contribution in [0.5, 0.6) is 5.75 Å². The molecule has 134 valence electrons. The van der Waals surface area contributed by atoms with Crippen LogP contribution in [0.25, 0.3) is 0 Å². The Morgan fingerprint density at radius 2 is 2.20 bits per heavy atom. The molecule has 1 aromatic heterocycles. The lowest BCUT2D eigenvalue weighted by molar-refractivity contribution is -0.132. The van der Waals surface area contributed by atoms with E-state index in [9.17, 15) is 4.79 Å². The summed E-state index contributed by atoms with van der Waals surface area (Å²) in [6.45, 7) is 5.89. The predicted octanol–water partition coefficient (Wildman–Crippen LogP) is 2.20. The predicted molar refractivity (Wildman–Crippen MR) is 94.6 cm³/mol. The summed E-state index contributed by atoms with van der Waals surface area (Å²) in [7, 11) is 1.69. The van der Waals surface area contributed by atoms with Crippen molar-refractivity contribution in [2.45, 2.75) is 32.4 Å². The molecule has 1 aromatic carbocycles. The summed E-state index contributed by atoms with van der Waals surface area (Å²) >= 11 is 0. The van der Waals surface area contributed by atoms with Gasteiger partial charge in [-0.15, -0.1) is 0 Å². The lowest BCUT2D eigenvalue weighted by atomic mass is 10.0. The van der Waals surface area contributed by atoms with E-state index >= 15 is 0 Å². The Kier molecular flexibility index (Phi) is 5.08. The molecule has 1 saturated heterocycles. The molecule has 6 heteroatoms. The molecule has 0 radical (unpaired) electrons. The number of methoxy groups -OCH3 is 1. The number of aryl methyl sites for hydroxylation is 2. The van der Waals surface area contributed by atoms with E-state index in [1.165, 1.54) is 0 Å². The highest BCUT2D eigenvalue weighted by molar-refractivity contribution is 5.76. The highest BCUT2D eigenvalue weighted by atomic mass is 16.5. The van der Waals surface area contributed by atoms with Crippen molar-refractivity contribution >= 4 is 5.91 Å². The van der Waals surface area contributed by atoms with Crippen LogP contribution in [0, 0.1) is 13.8 Å². The van der Waals surface area contributed by atoms with Crippen LogP contribution in [0.3, 0.4) is 0 Å². The van der Waals surface area contributed by atoms with Gasteiger partial charge in [0.1, 0.15) is 30.3 Å². The monoisotopic (exact) mass is 343 g/mol. The van der Waals surface area contributed by atoms with Gasteiger partial charge in [-0.1, -0.05) is 12.1 Å². The lowest BCUT2D eigenvalue weighted by Gasteiger charge is -2.28. The van der Waals surface area contributed by atoms with Gasteiger partial charge in [-0.25, -0.2) is 4.98 Å². The van der Waals surface area contributed by atoms with Gasteiger partial charge in [0, 0.05) is 26.0 Å². The lowest BCUT2D eigenvalue weighted by Crippen LogP contribution is -2.43. The quantitative estimate of drug-likeness (QED) is 0.807. The normalized spacial score (nSPS) is 20.0. The summed E-state index contributed by atoms with van der Waals surface area (Å²) in [5.41, 5.74) is 0.700. The van der Waals surface area contributed by atoms with Crippen molar-refractivity contribution in [1.29, 1.82) is 0 Å². The number of hydrogen-bond acceptors (Lipinski definition) is 4. The summed E-state index contributed by atoms with van der Waals surface area (Å²) in [5.74, 6) is 1.75. The number of aromatic nitrogens is 2. The van der Waals surface area contributed by atoms with Gasteiger partial charge in [0.25, 0.3) is 0 Å². The molecule has 0 N–H and O–H groups in total. The number of imidazole rings is 1. The first-order valence-electron chi connectivity index (χ1n) is 8.51. The zero-order valence-corrected chi connectivity index (χ0v) is 15.1. The Morgan fingerprint density at radius 3 is 2.88 bits per heavy atom. The van der Waals surface area contributed by atoms with Gasteiger partial charge in [0.05, 0.1) is 6.54 Å². The molecule has 25 heavy (non-hydrogen) atoms. The number of carbonyl (C=O) groups is 1. The molecule has 0 bridgehead atoms. The second-order valence-electron chi connectivity index (χ2n) is 6.66. The summed E-state index contributed by atoms with van der Waals surface area (Å²) in [6.07, 6.45) is 4.30. The van der Waals surface area contributed by atoms with Crippen molar-refractivity contribution in [2.24, 2.45) is 0 Å². The first kappa shape index (κ1) is 17.5. The van der Waals surface area contributed by atoms with E-state index in [4.69, 9.17) is 9.47 Å². The van der Waals surface area contributed by atoms with Crippen molar-refractivity contribution in [2.75, 3.05) is 26.8 Å². The Labute approximate surface area is 148 Å². The first-order valence-corrected chi connectivity index (χ1v) is 8.51. The van der Waals surface area contributed by atoms with Crippen molar-refractivity contribution in [1.82, 2.24) is 14.5 Å². The fraction of sp³-hybridized carbons (Fsp3) is 0.474. The minimum Gasteiger partial charge on any atom is -0.491 e. The molecule has 0 spiro atoms. The van der Waals surface area contributed by atoms with E-state index in [0.717, 1.165) is 23.6 Å². The maximum atomic E-state index is 12.6. The fourth-order valence-corrected chi connectivity index (χ4v) is 3.14. The molecular weight excluding hydrogens is 318 g/mol. The van der Waals surface area contributed by atoms with E-state index in [0.29, 0.717) is 26.2 Å². The number of benzene rings is 1. The molecule has 2 aromatic rings. The van der Waals surface area contributed by atoms with Crippen molar-refractivity contribution in [3.63, 3.8) is 0 Å². The number of rotatable bonds is 6. The number of likely N-dealkylation sites (tertiary alicyclic amines) is 1. The van der Waals surface area contributed by atoms with Crippen LogP contribution in [0.2, 0.25) is 0 Å². The van der Waals surface area contributed by atoms with Gasteiger partial charge < -0.3 is 18.9 Å². The van der Waals surface area contributed by atoms with Gasteiger partial charge in [0.2, 0.25) is 5.91 Å². The van der Waals surface area contributed by atoms with Crippen LogP contribution in [0.1, 0.15) is 17.8 Å². The Balaban J connectivity index is 1.60. The van der Waals surface area contributed by atoms with E-state index in [-0.39, 0.29) is 5.91 Å². The van der Waals surface area contributed by atoms with Crippen LogP contribution in [0.15, 0.2) is 36.7 Å². The zero-order valence-electron chi connectivity index (χ0n) is 15.1. The SMILES string of the molecule is CO[C@]1(COc2cccc(C)c2)CCN(C(=O)Cn2ccnc2C)C1. The third-order valence-electron chi connectivity index (χ3n) is 4.82. The van der Waals surface area contributed by atoms with E-state index in [2.05, 4.69) is 4.98 Å². The second-order valence-corrected chi connectivity index (χ2v) is 6.66. The van der Waals surface area contributed by atoms with Crippen LogP contribution < -0.4 is 4.74 Å². The van der Waals surface area contributed by atoms with Crippen LogP contribution >= 0.6 is 0 Å². The molecule has 0 unspecified atom stereocenters. The molecular formula is C19H25N3O3. The van der Waals surface area contributed by atoms with Crippen molar-refractivity contribution in [3.05, 3.63) is 48.0 Å². The molecule has 3 rings (SSSR count). The minimum absolute atomic E-state index is 0.0792. The third-order valence-corrected chi connectivity index (χ3v) is 4.82. The van der Waals surface area contributed by atoms with Crippen molar-refractivity contribution < 1.29 is 14.3 Å². The van der Waals surface area contributed by atoms with E-state index in [1.54, 1.807) is 13.3 Å². The number of hydrogen-bond donors (Lipinski definition) is 0. The molecule has 6 nitrogen and oxygen atoms in total. The maximum Gasteiger partial charge on any atom is 0.242 e. The molecule has 2 heterocycles. The maximum absolute atomic E-state index is 12.6. The largest absolute Gasteiger partial charge is 0.491 e. The molecule has 1 aliphatic heterocycles. The van der Waals surface area contributed by atoms with Crippen LogP contribution in [-0.2, 0) is 16.1 Å². The second kappa shape index (κ2) is 7.27. The number of ether oxygens (including phenoxy) is 2. The fourth-order valence-electron chi connectivity index (χ4n) is 3.14. The Hall–Kier alpha value is -2.34. The van der Waals surface area contributed by atoms with Gasteiger partial charge in [-0.2, -0.15) is 0 Å². The van der Waals surface area contributed by atoms with Crippen LogP contribution in [-0.4, -0.2) is 52.8 Å². The first-order chi connectivity index (χ1) is 12.0. The Bertz CT molecular complexity index is 743. The molecule has 1 aliphatic rings. The molecule has 1 amide bonds. The Morgan fingerprint density at radius 1 is 1.36 bits per heavy atom. The molecule has 1 fully saturated rings. The molecule has 0 aliphatic carbocycles. The van der Waals surface area contributed by atoms with E-state index in [1.807, 2.05) is 53.8 Å². The standard InChI is InChI=1S/C19H25N3O3/c1-15-5-4-6-17(11-15)25-14-19(24-3)7-9-22(13-19)18(23)12-21-10-8-20-16(21)2/h4-6,8,10-11H,7,9,12-14H2,1-3H3/t19-/m1/s1. The summed E-state index contributed by atoms with van der Waals surface area (Å²) in [6, 6.07) is 7.95. The van der Waals surface area contributed by atoms with Gasteiger partial charge in [-0.3, -0.25) is 4.79 Å². The number of nitrogens with zero attached hydrogens (tertiary/aromatic N) is 3. The third kappa shape index (κ3) is 4.02. The van der Waals surface area contributed by atoms with Crippen molar-refractivity contribution in [3.8, 4) is 5.75 Å².